The summed E-state index contributed by atoms with van der Waals surface area (Å²) in [5.41, 5.74) is 2.40. The van der Waals surface area contributed by atoms with Crippen molar-refractivity contribution in [2.75, 3.05) is 19.0 Å². The minimum absolute atomic E-state index is 0.338. The molecule has 0 amide bonds. The molecule has 2 aromatic rings. The molecule has 2 N–H and O–H groups in total. The summed E-state index contributed by atoms with van der Waals surface area (Å²) < 4.78 is 5.44. The molecular weight excluding hydrogens is 260 g/mol. The van der Waals surface area contributed by atoms with E-state index in [-0.39, 0.29) is 0 Å². The fourth-order valence-electron chi connectivity index (χ4n) is 3.02. The summed E-state index contributed by atoms with van der Waals surface area (Å²) in [6.45, 7) is 1.07. The number of nitrogens with one attached hydrogen (secondary N) is 2. The molecule has 0 radical (unpaired) electrons. The van der Waals surface area contributed by atoms with Crippen LogP contribution in [0.4, 0.5) is 5.69 Å². The Morgan fingerprint density at radius 1 is 1.05 bits per heavy atom. The number of rotatable bonds is 4. The van der Waals surface area contributed by atoms with Gasteiger partial charge in [0, 0.05) is 6.04 Å². The molecule has 0 spiro atoms. The summed E-state index contributed by atoms with van der Waals surface area (Å²) in [6.07, 6.45) is 2.35. The minimum Gasteiger partial charge on any atom is -0.495 e. The molecule has 0 aliphatic carbocycles. The van der Waals surface area contributed by atoms with Crippen LogP contribution in [0, 0.1) is 0 Å². The van der Waals surface area contributed by atoms with Crippen molar-refractivity contribution >= 4 is 5.69 Å². The molecule has 2 aromatic carbocycles. The number of hydrogen-bond acceptors (Lipinski definition) is 3. The van der Waals surface area contributed by atoms with E-state index >= 15 is 0 Å². The van der Waals surface area contributed by atoms with Crippen LogP contribution in [-0.2, 0) is 0 Å². The van der Waals surface area contributed by atoms with Gasteiger partial charge in [0.2, 0.25) is 0 Å². The number of hydrogen-bond donors (Lipinski definition) is 2. The zero-order valence-corrected chi connectivity index (χ0v) is 12.4. The van der Waals surface area contributed by atoms with Gasteiger partial charge in [0.15, 0.2) is 0 Å². The van der Waals surface area contributed by atoms with Crippen LogP contribution in [0.1, 0.15) is 24.4 Å². The van der Waals surface area contributed by atoms with E-state index in [1.54, 1.807) is 7.11 Å². The Morgan fingerprint density at radius 3 is 2.62 bits per heavy atom. The minimum atomic E-state index is 0.338. The Kier molecular flexibility index (Phi) is 4.41. The van der Waals surface area contributed by atoms with E-state index in [2.05, 4.69) is 47.0 Å². The largest absolute Gasteiger partial charge is 0.495 e. The van der Waals surface area contributed by atoms with E-state index in [1.165, 1.54) is 12.0 Å². The number of piperidine rings is 1. The fraction of sp³-hybridized carbons (Fsp3) is 0.333. The second-order valence-electron chi connectivity index (χ2n) is 5.44. The lowest BCUT2D eigenvalue weighted by atomic mass is 9.92. The Morgan fingerprint density at radius 2 is 1.81 bits per heavy atom. The Labute approximate surface area is 126 Å². The average Bonchev–Trinajstić information content (AvgIpc) is 2.57. The number of benzene rings is 2. The molecule has 3 rings (SSSR count). The van der Waals surface area contributed by atoms with Crippen LogP contribution >= 0.6 is 0 Å². The zero-order chi connectivity index (χ0) is 14.5. The van der Waals surface area contributed by atoms with Crippen molar-refractivity contribution in [1.82, 2.24) is 5.32 Å². The van der Waals surface area contributed by atoms with E-state index in [9.17, 15) is 0 Å². The molecule has 110 valence electrons. The summed E-state index contributed by atoms with van der Waals surface area (Å²) in [5, 5.41) is 7.30. The smallest absolute Gasteiger partial charge is 0.141 e. The number of ether oxygens (including phenoxy) is 1. The van der Waals surface area contributed by atoms with Crippen LogP contribution < -0.4 is 15.4 Å². The van der Waals surface area contributed by atoms with Gasteiger partial charge in [0.25, 0.3) is 0 Å². The molecule has 1 aliphatic heterocycles. The predicted molar refractivity (Wildman–Crippen MR) is 86.8 cm³/mol. The van der Waals surface area contributed by atoms with Crippen LogP contribution in [0.15, 0.2) is 54.6 Å². The fourth-order valence-corrected chi connectivity index (χ4v) is 3.02. The van der Waals surface area contributed by atoms with E-state index in [4.69, 9.17) is 4.74 Å². The third-order valence-corrected chi connectivity index (χ3v) is 4.07. The molecule has 2 unspecified atom stereocenters. The van der Waals surface area contributed by atoms with Gasteiger partial charge in [-0.2, -0.15) is 0 Å². The molecule has 1 heterocycles. The summed E-state index contributed by atoms with van der Waals surface area (Å²) in [5.74, 6) is 0.898. The van der Waals surface area contributed by atoms with Crippen LogP contribution in [0.5, 0.6) is 5.75 Å². The maximum atomic E-state index is 5.44. The molecule has 0 saturated carbocycles. The SMILES string of the molecule is COc1ccccc1NC1CCCNC1c1ccccc1. The van der Waals surface area contributed by atoms with Gasteiger partial charge in [-0.15, -0.1) is 0 Å². The monoisotopic (exact) mass is 282 g/mol. The van der Waals surface area contributed by atoms with Crippen molar-refractivity contribution in [1.29, 1.82) is 0 Å². The third kappa shape index (κ3) is 3.19. The maximum Gasteiger partial charge on any atom is 0.141 e. The van der Waals surface area contributed by atoms with Gasteiger partial charge in [-0.3, -0.25) is 0 Å². The molecule has 0 aromatic heterocycles. The molecule has 1 saturated heterocycles. The normalized spacial score (nSPS) is 21.8. The quantitative estimate of drug-likeness (QED) is 0.899. The predicted octanol–water partition coefficient (Wildman–Crippen LogP) is 3.60. The van der Waals surface area contributed by atoms with Crippen LogP contribution in [0.3, 0.4) is 0 Å². The molecule has 3 heteroatoms. The molecule has 3 nitrogen and oxygen atoms in total. The first kappa shape index (κ1) is 14.0. The highest BCUT2D eigenvalue weighted by Crippen LogP contribution is 2.30. The summed E-state index contributed by atoms with van der Waals surface area (Å²) in [4.78, 5) is 0. The van der Waals surface area contributed by atoms with Gasteiger partial charge in [-0.25, -0.2) is 0 Å². The van der Waals surface area contributed by atoms with Crippen molar-refractivity contribution in [2.24, 2.45) is 0 Å². The van der Waals surface area contributed by atoms with Crippen molar-refractivity contribution in [3.63, 3.8) is 0 Å². The summed E-state index contributed by atoms with van der Waals surface area (Å²) in [6, 6.07) is 19.5. The van der Waals surface area contributed by atoms with E-state index in [1.807, 2.05) is 18.2 Å². The Hall–Kier alpha value is -2.00. The second-order valence-corrected chi connectivity index (χ2v) is 5.44. The molecule has 21 heavy (non-hydrogen) atoms. The lowest BCUT2D eigenvalue weighted by molar-refractivity contribution is 0.373. The van der Waals surface area contributed by atoms with Gasteiger partial charge in [-0.1, -0.05) is 42.5 Å². The number of para-hydroxylation sites is 2. The highest BCUT2D eigenvalue weighted by Gasteiger charge is 2.26. The van der Waals surface area contributed by atoms with Crippen LogP contribution in [0.25, 0.3) is 0 Å². The molecular formula is C18H22N2O. The van der Waals surface area contributed by atoms with E-state index in [0.29, 0.717) is 12.1 Å². The van der Waals surface area contributed by atoms with Crippen molar-refractivity contribution in [3.8, 4) is 5.75 Å². The standard InChI is InChI=1S/C18H22N2O/c1-21-17-12-6-5-10-15(17)20-16-11-7-13-19-18(16)14-8-3-2-4-9-14/h2-6,8-10,12,16,18-20H,7,11,13H2,1H3. The van der Waals surface area contributed by atoms with Gasteiger partial charge in [0.05, 0.1) is 18.8 Å². The summed E-state index contributed by atoms with van der Waals surface area (Å²) >= 11 is 0. The van der Waals surface area contributed by atoms with Gasteiger partial charge < -0.3 is 15.4 Å². The second kappa shape index (κ2) is 6.64. The first-order chi connectivity index (χ1) is 10.4. The first-order valence-corrected chi connectivity index (χ1v) is 7.56. The molecule has 2 atom stereocenters. The topological polar surface area (TPSA) is 33.3 Å². The van der Waals surface area contributed by atoms with Crippen molar-refractivity contribution in [2.45, 2.75) is 24.9 Å². The van der Waals surface area contributed by atoms with Gasteiger partial charge in [0.1, 0.15) is 5.75 Å². The number of anilines is 1. The zero-order valence-electron chi connectivity index (χ0n) is 12.4. The molecule has 1 fully saturated rings. The molecule has 1 aliphatic rings. The highest BCUT2D eigenvalue weighted by atomic mass is 16.5. The molecule has 0 bridgehead atoms. The Bertz CT molecular complexity index is 570. The van der Waals surface area contributed by atoms with Crippen LogP contribution in [0.2, 0.25) is 0 Å². The van der Waals surface area contributed by atoms with Crippen molar-refractivity contribution < 1.29 is 4.74 Å². The summed E-state index contributed by atoms with van der Waals surface area (Å²) in [7, 11) is 1.72. The lowest BCUT2D eigenvalue weighted by Crippen LogP contribution is -2.42. The van der Waals surface area contributed by atoms with Crippen LogP contribution in [-0.4, -0.2) is 19.7 Å². The number of methoxy groups -OCH3 is 1. The Balaban J connectivity index is 1.82. The van der Waals surface area contributed by atoms with E-state index in [0.717, 1.165) is 24.4 Å². The maximum absolute atomic E-state index is 5.44. The van der Waals surface area contributed by atoms with Gasteiger partial charge >= 0.3 is 0 Å². The lowest BCUT2D eigenvalue weighted by Gasteiger charge is -2.34. The van der Waals surface area contributed by atoms with E-state index < -0.39 is 0 Å². The third-order valence-electron chi connectivity index (χ3n) is 4.07. The van der Waals surface area contributed by atoms with Crippen molar-refractivity contribution in [3.05, 3.63) is 60.2 Å². The first-order valence-electron chi connectivity index (χ1n) is 7.56. The van der Waals surface area contributed by atoms with Gasteiger partial charge in [-0.05, 0) is 37.1 Å². The highest BCUT2D eigenvalue weighted by molar-refractivity contribution is 5.57. The average molecular weight is 282 g/mol.